The van der Waals surface area contributed by atoms with Crippen LogP contribution < -0.4 is 16.0 Å². The molecule has 0 rings (SSSR count). The summed E-state index contributed by atoms with van der Waals surface area (Å²) >= 11 is 5.20. The Bertz CT molecular complexity index is 284. The number of imide groups is 1. The molecule has 98 valence electrons. The lowest BCUT2D eigenvalue weighted by Gasteiger charge is -2.11. The molecule has 17 heavy (non-hydrogen) atoms. The fourth-order valence-electron chi connectivity index (χ4n) is 0.943. The number of amides is 4. The lowest BCUT2D eigenvalue weighted by molar-refractivity contribution is -0.121. The lowest BCUT2D eigenvalue weighted by Crippen LogP contribution is -2.42. The van der Waals surface area contributed by atoms with E-state index >= 15 is 0 Å². The Hall–Kier alpha value is -1.30. The van der Waals surface area contributed by atoms with Crippen molar-refractivity contribution in [2.75, 3.05) is 12.4 Å². The van der Waals surface area contributed by atoms with Crippen LogP contribution in [-0.4, -0.2) is 36.3 Å². The lowest BCUT2D eigenvalue weighted by atomic mass is 10.2. The monoisotopic (exact) mass is 263 g/mol. The van der Waals surface area contributed by atoms with Gasteiger partial charge in [0.15, 0.2) is 0 Å². The molecule has 3 N–H and O–H groups in total. The third-order valence-electron chi connectivity index (χ3n) is 2.03. The third kappa shape index (κ3) is 8.50. The number of nitrogens with one attached hydrogen (secondary N) is 3. The van der Waals surface area contributed by atoms with Crippen LogP contribution >= 0.6 is 11.6 Å². The van der Waals surface area contributed by atoms with Crippen LogP contribution in [0.5, 0.6) is 0 Å². The van der Waals surface area contributed by atoms with Crippen LogP contribution in [0.15, 0.2) is 0 Å². The fourth-order valence-corrected chi connectivity index (χ4v) is 1.01. The smallest absolute Gasteiger partial charge is 0.321 e. The maximum Gasteiger partial charge on any atom is 0.321 e. The van der Waals surface area contributed by atoms with Gasteiger partial charge in [-0.3, -0.25) is 14.9 Å². The van der Waals surface area contributed by atoms with Crippen molar-refractivity contribution in [1.82, 2.24) is 16.0 Å². The molecule has 0 radical (unpaired) electrons. The SMILES string of the molecule is CCC(C)NC(=O)CCNC(=O)NC(=O)CCl. The topological polar surface area (TPSA) is 87.3 Å². The van der Waals surface area contributed by atoms with Crippen molar-refractivity contribution in [3.05, 3.63) is 0 Å². The van der Waals surface area contributed by atoms with Crippen molar-refractivity contribution in [1.29, 1.82) is 0 Å². The van der Waals surface area contributed by atoms with Crippen LogP contribution in [0.25, 0.3) is 0 Å². The number of rotatable bonds is 6. The van der Waals surface area contributed by atoms with E-state index in [1.165, 1.54) is 0 Å². The molecule has 0 aliphatic heterocycles. The van der Waals surface area contributed by atoms with E-state index < -0.39 is 11.9 Å². The first-order valence-corrected chi connectivity index (χ1v) is 5.96. The van der Waals surface area contributed by atoms with Gasteiger partial charge in [-0.15, -0.1) is 11.6 Å². The summed E-state index contributed by atoms with van der Waals surface area (Å²) in [5.41, 5.74) is 0. The van der Waals surface area contributed by atoms with Gasteiger partial charge in [0.25, 0.3) is 0 Å². The van der Waals surface area contributed by atoms with Crippen LogP contribution in [0.2, 0.25) is 0 Å². The summed E-state index contributed by atoms with van der Waals surface area (Å²) in [4.78, 5) is 33.1. The second kappa shape index (κ2) is 8.81. The van der Waals surface area contributed by atoms with E-state index in [4.69, 9.17) is 11.6 Å². The summed E-state index contributed by atoms with van der Waals surface area (Å²) in [5, 5.41) is 7.14. The molecule has 0 saturated carbocycles. The van der Waals surface area contributed by atoms with Gasteiger partial charge in [-0.1, -0.05) is 6.92 Å². The van der Waals surface area contributed by atoms with Crippen molar-refractivity contribution in [2.24, 2.45) is 0 Å². The van der Waals surface area contributed by atoms with Crippen LogP contribution in [0.4, 0.5) is 4.79 Å². The summed E-state index contributed by atoms with van der Waals surface area (Å²) in [6.07, 6.45) is 1.02. The molecule has 0 saturated heterocycles. The Balaban J connectivity index is 3.66. The molecule has 6 nitrogen and oxygen atoms in total. The number of carbonyl (C=O) groups excluding carboxylic acids is 3. The molecule has 0 bridgehead atoms. The number of hydrogen-bond acceptors (Lipinski definition) is 3. The minimum atomic E-state index is -0.646. The highest BCUT2D eigenvalue weighted by molar-refractivity contribution is 6.28. The highest BCUT2D eigenvalue weighted by Crippen LogP contribution is 1.89. The van der Waals surface area contributed by atoms with E-state index in [1.807, 2.05) is 19.2 Å². The average molecular weight is 264 g/mol. The van der Waals surface area contributed by atoms with E-state index in [0.29, 0.717) is 0 Å². The summed E-state index contributed by atoms with van der Waals surface area (Å²) in [6.45, 7) is 4.04. The van der Waals surface area contributed by atoms with Crippen LogP contribution in [0.3, 0.4) is 0 Å². The van der Waals surface area contributed by atoms with E-state index in [9.17, 15) is 14.4 Å². The molecule has 0 aliphatic carbocycles. The maximum absolute atomic E-state index is 11.3. The molecule has 0 spiro atoms. The summed E-state index contributed by atoms with van der Waals surface area (Å²) < 4.78 is 0. The van der Waals surface area contributed by atoms with Gasteiger partial charge in [0, 0.05) is 19.0 Å². The number of carbonyl (C=O) groups is 3. The zero-order valence-corrected chi connectivity index (χ0v) is 10.8. The van der Waals surface area contributed by atoms with Crippen molar-refractivity contribution in [2.45, 2.75) is 32.7 Å². The molecule has 0 fully saturated rings. The van der Waals surface area contributed by atoms with Gasteiger partial charge in [-0.05, 0) is 13.3 Å². The van der Waals surface area contributed by atoms with E-state index in [-0.39, 0.29) is 30.8 Å². The third-order valence-corrected chi connectivity index (χ3v) is 2.27. The van der Waals surface area contributed by atoms with Crippen molar-refractivity contribution in [3.8, 4) is 0 Å². The van der Waals surface area contributed by atoms with Crippen molar-refractivity contribution < 1.29 is 14.4 Å². The molecule has 1 unspecified atom stereocenters. The Morgan fingerprint density at radius 2 is 1.88 bits per heavy atom. The van der Waals surface area contributed by atoms with Crippen LogP contribution in [-0.2, 0) is 9.59 Å². The molecule has 1 atom stereocenters. The second-order valence-electron chi connectivity index (χ2n) is 3.56. The number of urea groups is 1. The van der Waals surface area contributed by atoms with Gasteiger partial charge in [0.1, 0.15) is 5.88 Å². The number of hydrogen-bond donors (Lipinski definition) is 3. The Labute approximate surface area is 105 Å². The zero-order chi connectivity index (χ0) is 13.3. The molecular weight excluding hydrogens is 246 g/mol. The van der Waals surface area contributed by atoms with Gasteiger partial charge in [-0.2, -0.15) is 0 Å². The quantitative estimate of drug-likeness (QED) is 0.605. The predicted molar refractivity (Wildman–Crippen MR) is 64.8 cm³/mol. The molecule has 0 aliphatic rings. The van der Waals surface area contributed by atoms with Gasteiger partial charge in [0.2, 0.25) is 11.8 Å². The molecule has 0 heterocycles. The Morgan fingerprint density at radius 3 is 2.41 bits per heavy atom. The van der Waals surface area contributed by atoms with Crippen molar-refractivity contribution >= 4 is 29.4 Å². The van der Waals surface area contributed by atoms with Crippen molar-refractivity contribution in [3.63, 3.8) is 0 Å². The normalized spacial score (nSPS) is 11.5. The minimum Gasteiger partial charge on any atom is -0.354 e. The molecule has 0 aromatic heterocycles. The molecule has 4 amide bonds. The van der Waals surface area contributed by atoms with E-state index in [0.717, 1.165) is 6.42 Å². The van der Waals surface area contributed by atoms with Crippen LogP contribution in [0.1, 0.15) is 26.7 Å². The summed E-state index contributed by atoms with van der Waals surface area (Å²) in [7, 11) is 0. The molecule has 0 aromatic carbocycles. The largest absolute Gasteiger partial charge is 0.354 e. The molecular formula is C10H18ClN3O3. The van der Waals surface area contributed by atoms with Gasteiger partial charge < -0.3 is 10.6 Å². The zero-order valence-electron chi connectivity index (χ0n) is 10.0. The first-order chi connectivity index (χ1) is 7.99. The first kappa shape index (κ1) is 15.7. The van der Waals surface area contributed by atoms with Gasteiger partial charge in [-0.25, -0.2) is 4.79 Å². The molecule has 0 aromatic rings. The summed E-state index contributed by atoms with van der Waals surface area (Å²) in [5.74, 6) is -0.987. The average Bonchev–Trinajstić information content (AvgIpc) is 2.28. The minimum absolute atomic E-state index is 0.120. The first-order valence-electron chi connectivity index (χ1n) is 5.42. The Kier molecular flexibility index (Phi) is 8.13. The van der Waals surface area contributed by atoms with Gasteiger partial charge in [0.05, 0.1) is 0 Å². The standard InChI is InChI=1S/C10H18ClN3O3/c1-3-7(2)13-8(15)4-5-12-10(17)14-9(16)6-11/h7H,3-6H2,1-2H3,(H,13,15)(H2,12,14,16,17). The predicted octanol–water partition coefficient (Wildman–Crippen LogP) is 0.356. The second-order valence-corrected chi connectivity index (χ2v) is 3.83. The molecule has 7 heteroatoms. The maximum atomic E-state index is 11.3. The Morgan fingerprint density at radius 1 is 1.24 bits per heavy atom. The van der Waals surface area contributed by atoms with Crippen LogP contribution in [0, 0.1) is 0 Å². The highest BCUT2D eigenvalue weighted by Gasteiger charge is 2.08. The van der Waals surface area contributed by atoms with E-state index in [1.54, 1.807) is 0 Å². The van der Waals surface area contributed by atoms with E-state index in [2.05, 4.69) is 10.6 Å². The fraction of sp³-hybridized carbons (Fsp3) is 0.700. The summed E-state index contributed by atoms with van der Waals surface area (Å²) in [6, 6.07) is -0.527. The number of halogens is 1. The highest BCUT2D eigenvalue weighted by atomic mass is 35.5. The number of alkyl halides is 1. The van der Waals surface area contributed by atoms with Gasteiger partial charge >= 0.3 is 6.03 Å².